The molecular formula is C29H29N3O3. The van der Waals surface area contributed by atoms with Crippen molar-refractivity contribution in [2.45, 2.75) is 38.5 Å². The molecule has 3 aromatic carbocycles. The van der Waals surface area contributed by atoms with E-state index in [1.54, 1.807) is 12.5 Å². The number of nitrogens with zero attached hydrogens (tertiary/aromatic N) is 2. The summed E-state index contributed by atoms with van der Waals surface area (Å²) in [5, 5.41) is 0. The predicted molar refractivity (Wildman–Crippen MR) is 135 cm³/mol. The van der Waals surface area contributed by atoms with Crippen molar-refractivity contribution in [1.29, 1.82) is 0 Å². The minimum Gasteiger partial charge on any atom is -0.493 e. The third-order valence-corrected chi connectivity index (χ3v) is 6.59. The Morgan fingerprint density at radius 2 is 1.80 bits per heavy atom. The molecule has 0 fully saturated rings. The van der Waals surface area contributed by atoms with E-state index in [2.05, 4.69) is 41.4 Å². The number of hydrogen-bond acceptors (Lipinski definition) is 4. The lowest BCUT2D eigenvalue weighted by Crippen LogP contribution is -2.25. The molecule has 1 aliphatic carbocycles. The summed E-state index contributed by atoms with van der Waals surface area (Å²) in [6.07, 6.45) is 4.83. The van der Waals surface area contributed by atoms with Crippen molar-refractivity contribution in [2.75, 3.05) is 6.61 Å². The maximum absolute atomic E-state index is 11.6. The van der Waals surface area contributed by atoms with Crippen LogP contribution in [0.3, 0.4) is 0 Å². The van der Waals surface area contributed by atoms with Gasteiger partial charge >= 0.3 is 0 Å². The number of imidazole rings is 1. The van der Waals surface area contributed by atoms with Crippen LogP contribution in [0.4, 0.5) is 0 Å². The number of amides is 1. The van der Waals surface area contributed by atoms with Crippen molar-refractivity contribution in [3.8, 4) is 16.9 Å². The van der Waals surface area contributed by atoms with E-state index >= 15 is 0 Å². The Morgan fingerprint density at radius 3 is 2.60 bits per heavy atom. The van der Waals surface area contributed by atoms with Gasteiger partial charge in [-0.15, -0.1) is 0 Å². The number of benzene rings is 3. The summed E-state index contributed by atoms with van der Waals surface area (Å²) < 4.78 is 14.3. The van der Waals surface area contributed by atoms with Gasteiger partial charge in [-0.25, -0.2) is 4.98 Å². The molecule has 0 saturated carbocycles. The summed E-state index contributed by atoms with van der Waals surface area (Å²) in [6, 6.07) is 24.8. The topological polar surface area (TPSA) is 79.4 Å². The van der Waals surface area contributed by atoms with Crippen LogP contribution in [0.15, 0.2) is 85.3 Å². The van der Waals surface area contributed by atoms with E-state index in [-0.39, 0.29) is 17.8 Å². The second-order valence-electron chi connectivity index (χ2n) is 8.93. The summed E-state index contributed by atoms with van der Waals surface area (Å²) in [4.78, 5) is 15.7. The van der Waals surface area contributed by atoms with Crippen LogP contribution in [0.5, 0.6) is 5.75 Å². The van der Waals surface area contributed by atoms with Gasteiger partial charge in [-0.1, -0.05) is 60.7 Å². The van der Waals surface area contributed by atoms with Gasteiger partial charge < -0.3 is 19.8 Å². The third kappa shape index (κ3) is 5.12. The van der Waals surface area contributed by atoms with E-state index in [0.29, 0.717) is 19.6 Å². The van der Waals surface area contributed by atoms with Gasteiger partial charge in [-0.05, 0) is 53.3 Å². The lowest BCUT2D eigenvalue weighted by Gasteiger charge is -2.26. The summed E-state index contributed by atoms with van der Waals surface area (Å²) in [7, 11) is 0. The minimum absolute atomic E-state index is 0.0746. The summed E-state index contributed by atoms with van der Waals surface area (Å²) in [5.41, 5.74) is 12.0. The van der Waals surface area contributed by atoms with E-state index in [1.165, 1.54) is 22.3 Å². The lowest BCUT2D eigenvalue weighted by atomic mass is 10.1. The Hall–Kier alpha value is -3.90. The highest BCUT2D eigenvalue weighted by atomic mass is 16.5. The van der Waals surface area contributed by atoms with Crippen LogP contribution >= 0.6 is 0 Å². The molecule has 0 aliphatic heterocycles. The average Bonchev–Trinajstić information content (AvgIpc) is 3.51. The number of rotatable bonds is 10. The maximum atomic E-state index is 11.6. The fourth-order valence-electron chi connectivity index (χ4n) is 4.67. The first-order valence-corrected chi connectivity index (χ1v) is 11.9. The van der Waals surface area contributed by atoms with Gasteiger partial charge in [0.1, 0.15) is 11.4 Å². The van der Waals surface area contributed by atoms with Gasteiger partial charge in [-0.2, -0.15) is 0 Å². The van der Waals surface area contributed by atoms with Crippen molar-refractivity contribution in [3.05, 3.63) is 108 Å². The van der Waals surface area contributed by atoms with Crippen molar-refractivity contribution in [3.63, 3.8) is 0 Å². The van der Waals surface area contributed by atoms with Gasteiger partial charge in [-0.3, -0.25) is 4.79 Å². The lowest BCUT2D eigenvalue weighted by molar-refractivity contribution is 0.0112. The Bertz CT molecular complexity index is 1320. The highest BCUT2D eigenvalue weighted by Crippen LogP contribution is 2.38. The number of aromatic nitrogens is 2. The van der Waals surface area contributed by atoms with Gasteiger partial charge in [0, 0.05) is 12.6 Å². The zero-order valence-electron chi connectivity index (χ0n) is 19.8. The van der Waals surface area contributed by atoms with Crippen molar-refractivity contribution in [1.82, 2.24) is 9.55 Å². The fourth-order valence-corrected chi connectivity index (χ4v) is 4.67. The van der Waals surface area contributed by atoms with Gasteiger partial charge in [0.05, 0.1) is 31.7 Å². The number of ether oxygens (including phenoxy) is 2. The van der Waals surface area contributed by atoms with Crippen LogP contribution in [0.25, 0.3) is 11.1 Å². The molecule has 1 heterocycles. The number of fused-ring (bicyclic) bond motifs is 3. The Morgan fingerprint density at radius 1 is 1.03 bits per heavy atom. The second-order valence-corrected chi connectivity index (χ2v) is 8.93. The zero-order chi connectivity index (χ0) is 24.2. The second kappa shape index (κ2) is 10.2. The molecule has 0 unspecified atom stereocenters. The normalized spacial score (nSPS) is 13.6. The minimum atomic E-state index is -0.546. The zero-order valence-corrected chi connectivity index (χ0v) is 19.8. The van der Waals surface area contributed by atoms with Gasteiger partial charge in [0.2, 0.25) is 0 Å². The summed E-state index contributed by atoms with van der Waals surface area (Å²) in [5.74, 6) is 0.301. The van der Waals surface area contributed by atoms with E-state index < -0.39 is 5.91 Å². The monoisotopic (exact) mass is 467 g/mol. The molecule has 5 rings (SSSR count). The highest BCUT2D eigenvalue weighted by Gasteiger charge is 2.22. The van der Waals surface area contributed by atoms with Crippen LogP contribution in [0, 0.1) is 0 Å². The SMILES string of the molecule is C[C@H](OCc1ccccc1)[C@@H](CCOc1ccc2c(c1)-c1ccccc1C2)n1cnc(C(N)=O)c1. The Kier molecular flexibility index (Phi) is 6.64. The Labute approximate surface area is 205 Å². The first kappa shape index (κ1) is 22.9. The molecule has 0 radical (unpaired) electrons. The van der Waals surface area contributed by atoms with Gasteiger partial charge in [0.15, 0.2) is 0 Å². The molecule has 35 heavy (non-hydrogen) atoms. The maximum Gasteiger partial charge on any atom is 0.268 e. The van der Waals surface area contributed by atoms with Crippen molar-refractivity contribution >= 4 is 5.91 Å². The third-order valence-electron chi connectivity index (χ3n) is 6.59. The molecule has 4 aromatic rings. The number of nitrogens with two attached hydrogens (primary N) is 1. The molecule has 1 amide bonds. The molecule has 2 atom stereocenters. The molecule has 1 aromatic heterocycles. The molecule has 6 nitrogen and oxygen atoms in total. The Balaban J connectivity index is 1.27. The molecule has 0 bridgehead atoms. The van der Waals surface area contributed by atoms with E-state index in [1.807, 2.05) is 47.9 Å². The number of carbonyl (C=O) groups is 1. The smallest absolute Gasteiger partial charge is 0.268 e. The van der Waals surface area contributed by atoms with E-state index in [4.69, 9.17) is 15.2 Å². The molecule has 1 aliphatic rings. The first-order valence-electron chi connectivity index (χ1n) is 11.9. The van der Waals surface area contributed by atoms with Crippen molar-refractivity contribution < 1.29 is 14.3 Å². The van der Waals surface area contributed by atoms with Crippen LogP contribution in [0.1, 0.15) is 46.6 Å². The van der Waals surface area contributed by atoms with Gasteiger partial charge in [0.25, 0.3) is 5.91 Å². The first-order chi connectivity index (χ1) is 17.1. The molecule has 0 spiro atoms. The van der Waals surface area contributed by atoms with Crippen LogP contribution in [-0.4, -0.2) is 28.2 Å². The number of primary amides is 1. The van der Waals surface area contributed by atoms with E-state index in [0.717, 1.165) is 17.7 Å². The standard InChI is InChI=1S/C29H29N3O3/c1-20(35-18-21-7-3-2-4-8-21)28(32-17-27(29(30)33)31-19-32)13-14-34-24-12-11-23-15-22-9-5-6-10-25(22)26(23)16-24/h2-12,16-17,19-20,28H,13-15,18H2,1H3,(H2,30,33)/t20-,28+/m0/s1. The fraction of sp³-hybridized carbons (Fsp3) is 0.241. The number of carbonyl (C=O) groups excluding carboxylic acids is 1. The predicted octanol–water partition coefficient (Wildman–Crippen LogP) is 5.17. The molecule has 0 saturated heterocycles. The summed E-state index contributed by atoms with van der Waals surface area (Å²) in [6.45, 7) is 3.03. The molecule has 6 heteroatoms. The largest absolute Gasteiger partial charge is 0.493 e. The van der Waals surface area contributed by atoms with Crippen LogP contribution < -0.4 is 10.5 Å². The van der Waals surface area contributed by atoms with Crippen molar-refractivity contribution in [2.24, 2.45) is 5.73 Å². The summed E-state index contributed by atoms with van der Waals surface area (Å²) >= 11 is 0. The highest BCUT2D eigenvalue weighted by molar-refractivity contribution is 5.90. The molecule has 2 N–H and O–H groups in total. The quantitative estimate of drug-likeness (QED) is 0.307. The molecule has 178 valence electrons. The van der Waals surface area contributed by atoms with Crippen LogP contribution in [0.2, 0.25) is 0 Å². The van der Waals surface area contributed by atoms with E-state index in [9.17, 15) is 4.79 Å². The van der Waals surface area contributed by atoms with Crippen LogP contribution in [-0.2, 0) is 17.8 Å². The average molecular weight is 468 g/mol. The molecular weight excluding hydrogens is 438 g/mol. The number of hydrogen-bond donors (Lipinski definition) is 1.